The van der Waals surface area contributed by atoms with Crippen molar-refractivity contribution in [3.63, 3.8) is 0 Å². The molecule has 3 aromatic rings. The minimum atomic E-state index is 0. The van der Waals surface area contributed by atoms with Gasteiger partial charge in [0, 0.05) is 27.5 Å². The number of para-hydroxylation sites is 1. The highest BCUT2D eigenvalue weighted by molar-refractivity contribution is 6.07. The van der Waals surface area contributed by atoms with Crippen molar-refractivity contribution in [3.8, 4) is 0 Å². The molecular formula is C12H11ClN2. The zero-order valence-corrected chi connectivity index (χ0v) is 8.84. The monoisotopic (exact) mass is 218 g/mol. The van der Waals surface area contributed by atoms with Crippen LogP contribution in [-0.2, 0) is 0 Å². The fourth-order valence-corrected chi connectivity index (χ4v) is 1.87. The Kier molecular flexibility index (Phi) is 2.29. The van der Waals surface area contributed by atoms with Crippen molar-refractivity contribution in [3.05, 3.63) is 42.5 Å². The summed E-state index contributed by atoms with van der Waals surface area (Å²) in [6.07, 6.45) is 0. The highest BCUT2D eigenvalue weighted by Crippen LogP contribution is 2.26. The zero-order valence-electron chi connectivity index (χ0n) is 8.03. The molecule has 2 nitrogen and oxygen atoms in total. The minimum absolute atomic E-state index is 0. The third kappa shape index (κ3) is 1.43. The van der Waals surface area contributed by atoms with Crippen molar-refractivity contribution in [2.75, 3.05) is 5.73 Å². The number of rotatable bonds is 0. The van der Waals surface area contributed by atoms with E-state index in [2.05, 4.69) is 23.2 Å². The van der Waals surface area contributed by atoms with Crippen LogP contribution in [0.25, 0.3) is 21.8 Å². The van der Waals surface area contributed by atoms with E-state index in [4.69, 9.17) is 5.73 Å². The molecule has 0 bridgehead atoms. The second-order valence-corrected chi connectivity index (χ2v) is 3.48. The molecule has 3 rings (SSSR count). The molecule has 15 heavy (non-hydrogen) atoms. The molecule has 0 unspecified atom stereocenters. The van der Waals surface area contributed by atoms with Gasteiger partial charge in [0.25, 0.3) is 0 Å². The smallest absolute Gasteiger partial charge is 0.0485 e. The number of H-pyrrole nitrogens is 1. The molecule has 0 saturated heterocycles. The van der Waals surface area contributed by atoms with Gasteiger partial charge in [-0.15, -0.1) is 12.4 Å². The van der Waals surface area contributed by atoms with Crippen molar-refractivity contribution in [1.29, 1.82) is 0 Å². The standard InChI is InChI=1S/C12H10N2.ClH/c13-8-5-6-10-9-3-1-2-4-11(9)14-12(10)7-8;/h1-7,14H,13H2;1H. The molecule has 0 aliphatic carbocycles. The lowest BCUT2D eigenvalue weighted by Crippen LogP contribution is -1.81. The van der Waals surface area contributed by atoms with Gasteiger partial charge in [-0.2, -0.15) is 0 Å². The van der Waals surface area contributed by atoms with Crippen LogP contribution in [0.2, 0.25) is 0 Å². The van der Waals surface area contributed by atoms with Crippen LogP contribution in [0.5, 0.6) is 0 Å². The predicted molar refractivity (Wildman–Crippen MR) is 67.5 cm³/mol. The Labute approximate surface area is 93.5 Å². The molecule has 0 aliphatic rings. The van der Waals surface area contributed by atoms with E-state index in [1.165, 1.54) is 10.8 Å². The maximum atomic E-state index is 5.73. The fraction of sp³-hybridized carbons (Fsp3) is 0. The lowest BCUT2D eigenvalue weighted by Gasteiger charge is -1.92. The summed E-state index contributed by atoms with van der Waals surface area (Å²) in [7, 11) is 0. The molecule has 1 heterocycles. The normalized spacial score (nSPS) is 10.4. The first kappa shape index (κ1) is 9.87. The third-order valence-corrected chi connectivity index (χ3v) is 2.53. The quantitative estimate of drug-likeness (QED) is 0.559. The molecule has 3 N–H and O–H groups in total. The van der Waals surface area contributed by atoms with Crippen LogP contribution in [0.3, 0.4) is 0 Å². The van der Waals surface area contributed by atoms with Crippen LogP contribution >= 0.6 is 12.4 Å². The summed E-state index contributed by atoms with van der Waals surface area (Å²) in [6, 6.07) is 14.2. The van der Waals surface area contributed by atoms with E-state index in [9.17, 15) is 0 Å². The molecule has 0 saturated carbocycles. The first-order valence-electron chi connectivity index (χ1n) is 4.60. The van der Waals surface area contributed by atoms with E-state index in [1.54, 1.807) is 0 Å². The molecule has 2 aromatic carbocycles. The highest BCUT2D eigenvalue weighted by Gasteiger charge is 2.02. The van der Waals surface area contributed by atoms with Crippen molar-refractivity contribution < 1.29 is 0 Å². The van der Waals surface area contributed by atoms with E-state index >= 15 is 0 Å². The molecule has 0 atom stereocenters. The Morgan fingerprint density at radius 3 is 2.47 bits per heavy atom. The van der Waals surface area contributed by atoms with Gasteiger partial charge in [-0.25, -0.2) is 0 Å². The second-order valence-electron chi connectivity index (χ2n) is 3.48. The predicted octanol–water partition coefficient (Wildman–Crippen LogP) is 3.33. The first-order chi connectivity index (χ1) is 6.84. The SMILES string of the molecule is Cl.Nc1ccc2c(c1)[nH]c1ccccc12. The number of anilines is 1. The number of benzene rings is 2. The van der Waals surface area contributed by atoms with Crippen LogP contribution in [0.15, 0.2) is 42.5 Å². The van der Waals surface area contributed by atoms with Gasteiger partial charge in [0.2, 0.25) is 0 Å². The average Bonchev–Trinajstić information content (AvgIpc) is 2.54. The van der Waals surface area contributed by atoms with Gasteiger partial charge in [-0.3, -0.25) is 0 Å². The number of nitrogens with two attached hydrogens (primary N) is 1. The second kappa shape index (κ2) is 3.48. The number of aromatic nitrogens is 1. The van der Waals surface area contributed by atoms with Gasteiger partial charge >= 0.3 is 0 Å². The molecular weight excluding hydrogens is 208 g/mol. The molecule has 0 radical (unpaired) electrons. The summed E-state index contributed by atoms with van der Waals surface area (Å²) in [6.45, 7) is 0. The topological polar surface area (TPSA) is 41.8 Å². The summed E-state index contributed by atoms with van der Waals surface area (Å²) in [4.78, 5) is 3.34. The van der Waals surface area contributed by atoms with Crippen molar-refractivity contribution in [1.82, 2.24) is 4.98 Å². The van der Waals surface area contributed by atoms with Crippen LogP contribution in [0, 0.1) is 0 Å². The minimum Gasteiger partial charge on any atom is -0.399 e. The van der Waals surface area contributed by atoms with E-state index < -0.39 is 0 Å². The summed E-state index contributed by atoms with van der Waals surface area (Å²) in [5, 5.41) is 2.48. The molecule has 0 aliphatic heterocycles. The van der Waals surface area contributed by atoms with Crippen molar-refractivity contribution >= 4 is 39.9 Å². The third-order valence-electron chi connectivity index (χ3n) is 2.53. The van der Waals surface area contributed by atoms with Crippen LogP contribution < -0.4 is 5.73 Å². The lowest BCUT2D eigenvalue weighted by molar-refractivity contribution is 1.55. The Bertz CT molecular complexity index is 613. The molecule has 0 fully saturated rings. The van der Waals surface area contributed by atoms with Crippen LogP contribution in [0.1, 0.15) is 0 Å². The summed E-state index contributed by atoms with van der Waals surface area (Å²) in [5.74, 6) is 0. The number of aromatic amines is 1. The first-order valence-corrected chi connectivity index (χ1v) is 4.60. The summed E-state index contributed by atoms with van der Waals surface area (Å²) in [5.41, 5.74) is 8.78. The molecule has 1 aromatic heterocycles. The van der Waals surface area contributed by atoms with Crippen LogP contribution in [-0.4, -0.2) is 4.98 Å². The molecule has 3 heteroatoms. The number of halogens is 1. The van der Waals surface area contributed by atoms with E-state index in [1.807, 2.05) is 24.3 Å². The maximum Gasteiger partial charge on any atom is 0.0485 e. The van der Waals surface area contributed by atoms with Gasteiger partial charge in [-0.05, 0) is 18.2 Å². The van der Waals surface area contributed by atoms with Gasteiger partial charge < -0.3 is 10.7 Å². The highest BCUT2D eigenvalue weighted by atomic mass is 35.5. The summed E-state index contributed by atoms with van der Waals surface area (Å²) >= 11 is 0. The average molecular weight is 219 g/mol. The largest absolute Gasteiger partial charge is 0.399 e. The maximum absolute atomic E-state index is 5.73. The number of hydrogen-bond acceptors (Lipinski definition) is 1. The Morgan fingerprint density at radius 2 is 1.60 bits per heavy atom. The zero-order chi connectivity index (χ0) is 9.54. The number of nitrogen functional groups attached to an aromatic ring is 1. The van der Waals surface area contributed by atoms with Gasteiger partial charge in [0.1, 0.15) is 0 Å². The van der Waals surface area contributed by atoms with Crippen molar-refractivity contribution in [2.45, 2.75) is 0 Å². The molecule has 76 valence electrons. The number of fused-ring (bicyclic) bond motifs is 3. The summed E-state index contributed by atoms with van der Waals surface area (Å²) < 4.78 is 0. The van der Waals surface area contributed by atoms with E-state index in [0.717, 1.165) is 16.7 Å². The Hall–Kier alpha value is -1.67. The van der Waals surface area contributed by atoms with E-state index in [-0.39, 0.29) is 12.4 Å². The number of hydrogen-bond donors (Lipinski definition) is 2. The van der Waals surface area contributed by atoms with Crippen molar-refractivity contribution in [2.24, 2.45) is 0 Å². The Balaban J connectivity index is 0.000000853. The van der Waals surface area contributed by atoms with Gasteiger partial charge in [0.05, 0.1) is 0 Å². The lowest BCUT2D eigenvalue weighted by atomic mass is 10.1. The fourth-order valence-electron chi connectivity index (χ4n) is 1.87. The van der Waals surface area contributed by atoms with Gasteiger partial charge in [0.15, 0.2) is 0 Å². The molecule has 0 amide bonds. The van der Waals surface area contributed by atoms with E-state index in [0.29, 0.717) is 0 Å². The molecule has 0 spiro atoms. The van der Waals surface area contributed by atoms with Crippen LogP contribution in [0.4, 0.5) is 5.69 Å². The number of nitrogens with one attached hydrogen (secondary N) is 1. The Morgan fingerprint density at radius 1 is 0.867 bits per heavy atom. The van der Waals surface area contributed by atoms with Gasteiger partial charge in [-0.1, -0.05) is 24.3 Å².